The molecule has 2 rings (SSSR count). The first-order valence-electron chi connectivity index (χ1n) is 5.26. The summed E-state index contributed by atoms with van der Waals surface area (Å²) in [5, 5.41) is 9.13. The summed E-state index contributed by atoms with van der Waals surface area (Å²) in [6.07, 6.45) is -3.53. The monoisotopic (exact) mass is 284 g/mol. The molecule has 1 atom stereocenters. The van der Waals surface area contributed by atoms with Crippen LogP contribution in [0.2, 0.25) is 0 Å². The van der Waals surface area contributed by atoms with Crippen molar-refractivity contribution in [3.8, 4) is 6.07 Å². The summed E-state index contributed by atoms with van der Waals surface area (Å²) in [6.45, 7) is 1.64. The Bertz CT molecular complexity index is 602. The summed E-state index contributed by atoms with van der Waals surface area (Å²) in [5.74, 6) is -0.391. The second-order valence-electron chi connectivity index (χ2n) is 3.81. The smallest absolute Gasteiger partial charge is 0.295 e. The molecular weight excluding hydrogens is 274 g/mol. The van der Waals surface area contributed by atoms with Crippen LogP contribution in [-0.4, -0.2) is 16.3 Å². The minimum absolute atomic E-state index is 0.0862. The first-order valence-corrected chi connectivity index (χ1v) is 5.66. The van der Waals surface area contributed by atoms with Gasteiger partial charge in [-0.3, -0.25) is 10.0 Å². The van der Waals surface area contributed by atoms with Crippen LogP contribution in [0.3, 0.4) is 0 Å². The molecule has 100 valence electrons. The number of hydrogen-bond donors (Lipinski definition) is 2. The molecule has 0 fully saturated rings. The Labute approximate surface area is 113 Å². The zero-order valence-corrected chi connectivity index (χ0v) is 10.7. The molecule has 2 heterocycles. The predicted molar refractivity (Wildman–Crippen MR) is 67.3 cm³/mol. The normalized spacial score (nSPS) is 19.7. The van der Waals surface area contributed by atoms with Crippen molar-refractivity contribution in [3.05, 3.63) is 34.9 Å². The summed E-state index contributed by atoms with van der Waals surface area (Å²) < 4.78 is 31.3. The van der Waals surface area contributed by atoms with Crippen molar-refractivity contribution >= 4 is 18.5 Å². The number of nitrogens with zero attached hydrogens (tertiary/aromatic N) is 3. The van der Waals surface area contributed by atoms with Crippen molar-refractivity contribution in [2.24, 2.45) is 10.7 Å². The Balaban J connectivity index is 2.48. The van der Waals surface area contributed by atoms with Gasteiger partial charge in [-0.05, 0) is 19.1 Å². The fourth-order valence-electron chi connectivity index (χ4n) is 1.65. The minimum atomic E-state index is -2.72. The lowest BCUT2D eigenvalue weighted by Crippen LogP contribution is -2.38. The first-order chi connectivity index (χ1) is 8.95. The lowest BCUT2D eigenvalue weighted by Gasteiger charge is -2.28. The summed E-state index contributed by atoms with van der Waals surface area (Å²) >= 11 is 4.10. The molecule has 1 aromatic rings. The lowest BCUT2D eigenvalue weighted by molar-refractivity contribution is 0.121. The molecule has 1 aliphatic rings. The van der Waals surface area contributed by atoms with Gasteiger partial charge in [-0.2, -0.15) is 5.26 Å². The average Bonchev–Trinajstić information content (AvgIpc) is 2.85. The average molecular weight is 284 g/mol. The molecule has 1 aromatic heterocycles. The van der Waals surface area contributed by atoms with Crippen molar-refractivity contribution in [3.63, 3.8) is 0 Å². The quantitative estimate of drug-likeness (QED) is 0.816. The maximum Gasteiger partial charge on any atom is 0.295 e. The van der Waals surface area contributed by atoms with Crippen molar-refractivity contribution in [1.82, 2.24) is 4.31 Å². The number of halogens is 2. The van der Waals surface area contributed by atoms with Gasteiger partial charge in [0.1, 0.15) is 17.4 Å². The van der Waals surface area contributed by atoms with Gasteiger partial charge in [-0.1, -0.05) is 12.8 Å². The maximum absolute atomic E-state index is 12.5. The van der Waals surface area contributed by atoms with Crippen molar-refractivity contribution in [2.75, 3.05) is 0 Å². The van der Waals surface area contributed by atoms with Crippen LogP contribution in [0.15, 0.2) is 32.8 Å². The standard InChI is InChI=1S/C11H10F2N4OS/c1-5-6(4-14)9(16-11(15)17(5)19)7-2-3-8(18-7)10(12)13/h2-3,10-11,19H,15H2,1H3. The highest BCUT2D eigenvalue weighted by Gasteiger charge is 2.27. The topological polar surface area (TPSA) is 78.5 Å². The lowest BCUT2D eigenvalue weighted by atomic mass is 10.1. The van der Waals surface area contributed by atoms with Crippen molar-refractivity contribution < 1.29 is 13.2 Å². The van der Waals surface area contributed by atoms with Gasteiger partial charge < -0.3 is 4.42 Å². The van der Waals surface area contributed by atoms with E-state index in [-0.39, 0.29) is 17.0 Å². The fourth-order valence-corrected chi connectivity index (χ4v) is 1.81. The highest BCUT2D eigenvalue weighted by Crippen LogP contribution is 2.27. The summed E-state index contributed by atoms with van der Waals surface area (Å²) in [4.78, 5) is 4.03. The van der Waals surface area contributed by atoms with E-state index in [0.29, 0.717) is 5.70 Å². The maximum atomic E-state index is 12.5. The Morgan fingerprint density at radius 1 is 1.58 bits per heavy atom. The Morgan fingerprint density at radius 3 is 2.79 bits per heavy atom. The molecule has 2 N–H and O–H groups in total. The fraction of sp³-hybridized carbons (Fsp3) is 0.273. The van der Waals surface area contributed by atoms with Gasteiger partial charge in [0.15, 0.2) is 17.8 Å². The minimum Gasteiger partial charge on any atom is -0.453 e. The van der Waals surface area contributed by atoms with Gasteiger partial charge >= 0.3 is 0 Å². The van der Waals surface area contributed by atoms with E-state index in [1.807, 2.05) is 6.07 Å². The Morgan fingerprint density at radius 2 is 2.26 bits per heavy atom. The van der Waals surface area contributed by atoms with E-state index >= 15 is 0 Å². The number of alkyl halides is 2. The molecule has 0 aromatic carbocycles. The molecule has 1 aliphatic heterocycles. The van der Waals surface area contributed by atoms with Crippen LogP contribution in [0.5, 0.6) is 0 Å². The summed E-state index contributed by atoms with van der Waals surface area (Å²) in [6, 6.07) is 4.43. The number of thiol groups is 1. The number of aliphatic imine (C=N–C) groups is 1. The largest absolute Gasteiger partial charge is 0.453 e. The molecule has 0 saturated carbocycles. The van der Waals surface area contributed by atoms with E-state index < -0.39 is 18.5 Å². The molecule has 0 amide bonds. The zero-order valence-electron chi connectivity index (χ0n) is 9.84. The van der Waals surface area contributed by atoms with Crippen LogP contribution in [-0.2, 0) is 0 Å². The van der Waals surface area contributed by atoms with Gasteiger partial charge in [0.05, 0.1) is 0 Å². The van der Waals surface area contributed by atoms with Crippen molar-refractivity contribution in [1.29, 1.82) is 5.26 Å². The predicted octanol–water partition coefficient (Wildman–Crippen LogP) is 2.21. The van der Waals surface area contributed by atoms with Crippen LogP contribution in [0.1, 0.15) is 24.9 Å². The SMILES string of the molecule is CC1=C(C#N)C(c2ccc(C(F)F)o2)=NC(N)N1S. The van der Waals surface area contributed by atoms with E-state index in [0.717, 1.165) is 6.07 Å². The number of nitriles is 1. The Kier molecular flexibility index (Phi) is 3.59. The number of rotatable bonds is 2. The number of hydrogen-bond acceptors (Lipinski definition) is 6. The summed E-state index contributed by atoms with van der Waals surface area (Å²) in [5.41, 5.74) is 6.54. The molecule has 0 aliphatic carbocycles. The first kappa shape index (κ1) is 13.6. The van der Waals surface area contributed by atoms with Crippen LogP contribution in [0.4, 0.5) is 8.78 Å². The number of allylic oxidation sites excluding steroid dienone is 2. The molecule has 5 nitrogen and oxygen atoms in total. The molecule has 1 unspecified atom stereocenters. The van der Waals surface area contributed by atoms with E-state index in [1.54, 1.807) is 6.92 Å². The van der Waals surface area contributed by atoms with E-state index in [1.165, 1.54) is 10.4 Å². The second-order valence-corrected chi connectivity index (χ2v) is 4.24. The van der Waals surface area contributed by atoms with Gasteiger partial charge in [0.2, 0.25) is 0 Å². The third-order valence-corrected chi connectivity index (χ3v) is 3.18. The molecule has 19 heavy (non-hydrogen) atoms. The third kappa shape index (κ3) is 2.34. The van der Waals surface area contributed by atoms with E-state index in [2.05, 4.69) is 17.8 Å². The van der Waals surface area contributed by atoms with Gasteiger partial charge in [0.25, 0.3) is 6.43 Å². The molecule has 0 spiro atoms. The second kappa shape index (κ2) is 5.03. The van der Waals surface area contributed by atoms with Crippen LogP contribution >= 0.6 is 12.8 Å². The molecule has 0 radical (unpaired) electrons. The van der Waals surface area contributed by atoms with Crippen molar-refractivity contribution in [2.45, 2.75) is 19.6 Å². The Hall–Kier alpha value is -1.85. The van der Waals surface area contributed by atoms with Crippen LogP contribution < -0.4 is 5.73 Å². The van der Waals surface area contributed by atoms with Crippen LogP contribution in [0, 0.1) is 11.3 Å². The molecule has 8 heteroatoms. The highest BCUT2D eigenvalue weighted by atomic mass is 32.1. The number of furan rings is 1. The van der Waals surface area contributed by atoms with Gasteiger partial charge in [-0.25, -0.2) is 13.8 Å². The summed E-state index contributed by atoms with van der Waals surface area (Å²) in [7, 11) is 0. The molecule has 0 bridgehead atoms. The number of nitrogens with two attached hydrogens (primary N) is 1. The highest BCUT2D eigenvalue weighted by molar-refractivity contribution is 7.77. The molecular formula is C11H10F2N4OS. The zero-order chi connectivity index (χ0) is 14.2. The van der Waals surface area contributed by atoms with Gasteiger partial charge in [-0.15, -0.1) is 0 Å². The van der Waals surface area contributed by atoms with E-state index in [4.69, 9.17) is 15.4 Å². The van der Waals surface area contributed by atoms with Gasteiger partial charge in [0, 0.05) is 5.70 Å². The molecule has 0 saturated heterocycles. The van der Waals surface area contributed by atoms with E-state index in [9.17, 15) is 8.78 Å². The third-order valence-electron chi connectivity index (χ3n) is 2.64. The van der Waals surface area contributed by atoms with Crippen LogP contribution in [0.25, 0.3) is 0 Å².